The standard InChI is InChI=1S/C15H16N2O/c18-13(7-11-9-16-10-11)8-12-5-6-17-15-4-2-1-3-14(12)15/h1-6,11,16H,7-10H2. The van der Waals surface area contributed by atoms with E-state index in [4.69, 9.17) is 0 Å². The molecule has 0 atom stereocenters. The van der Waals surface area contributed by atoms with E-state index in [0.29, 0.717) is 24.5 Å². The Bertz CT molecular complexity index is 570. The molecule has 3 rings (SSSR count). The Balaban J connectivity index is 1.79. The molecule has 0 bridgehead atoms. The number of fused-ring (bicyclic) bond motifs is 1. The zero-order valence-corrected chi connectivity index (χ0v) is 10.2. The second-order valence-corrected chi connectivity index (χ2v) is 4.93. The van der Waals surface area contributed by atoms with Crippen molar-refractivity contribution < 1.29 is 4.79 Å². The highest BCUT2D eigenvalue weighted by Crippen LogP contribution is 2.18. The molecule has 1 aromatic carbocycles. The molecule has 3 nitrogen and oxygen atoms in total. The first-order valence-electron chi connectivity index (χ1n) is 6.38. The number of nitrogens with zero attached hydrogens (tertiary/aromatic N) is 1. The molecule has 18 heavy (non-hydrogen) atoms. The summed E-state index contributed by atoms with van der Waals surface area (Å²) in [5.41, 5.74) is 2.06. The van der Waals surface area contributed by atoms with Gasteiger partial charge in [0.2, 0.25) is 0 Å². The Labute approximate surface area is 106 Å². The third-order valence-electron chi connectivity index (χ3n) is 3.51. The minimum atomic E-state index is 0.331. The van der Waals surface area contributed by atoms with Gasteiger partial charge < -0.3 is 5.32 Å². The summed E-state index contributed by atoms with van der Waals surface area (Å²) < 4.78 is 0. The fourth-order valence-electron chi connectivity index (χ4n) is 2.41. The molecule has 92 valence electrons. The Kier molecular flexibility index (Phi) is 3.07. The van der Waals surface area contributed by atoms with Crippen LogP contribution in [0, 0.1) is 5.92 Å². The van der Waals surface area contributed by atoms with Crippen LogP contribution in [0.1, 0.15) is 12.0 Å². The van der Waals surface area contributed by atoms with Gasteiger partial charge in [-0.25, -0.2) is 0 Å². The van der Waals surface area contributed by atoms with Crippen LogP contribution >= 0.6 is 0 Å². The van der Waals surface area contributed by atoms with E-state index in [2.05, 4.69) is 10.3 Å². The van der Waals surface area contributed by atoms with Gasteiger partial charge in [0, 0.05) is 24.4 Å². The van der Waals surface area contributed by atoms with E-state index in [1.807, 2.05) is 30.3 Å². The summed E-state index contributed by atoms with van der Waals surface area (Å²) in [5, 5.41) is 4.30. The second kappa shape index (κ2) is 4.86. The third kappa shape index (κ3) is 2.27. The molecule has 0 aliphatic carbocycles. The lowest BCUT2D eigenvalue weighted by molar-refractivity contribution is -0.119. The number of carbonyl (C=O) groups is 1. The second-order valence-electron chi connectivity index (χ2n) is 4.93. The van der Waals surface area contributed by atoms with Gasteiger partial charge >= 0.3 is 0 Å². The van der Waals surface area contributed by atoms with Crippen LogP contribution in [0.15, 0.2) is 36.5 Å². The minimum absolute atomic E-state index is 0.331. The van der Waals surface area contributed by atoms with Crippen LogP contribution in [0.25, 0.3) is 10.9 Å². The van der Waals surface area contributed by atoms with E-state index < -0.39 is 0 Å². The molecule has 0 amide bonds. The van der Waals surface area contributed by atoms with Gasteiger partial charge in [-0.2, -0.15) is 0 Å². The maximum atomic E-state index is 12.0. The van der Waals surface area contributed by atoms with E-state index >= 15 is 0 Å². The predicted octanol–water partition coefficient (Wildman–Crippen LogP) is 1.96. The van der Waals surface area contributed by atoms with Crippen LogP contribution in [0.3, 0.4) is 0 Å². The quantitative estimate of drug-likeness (QED) is 0.888. The van der Waals surface area contributed by atoms with Gasteiger partial charge in [0.15, 0.2) is 0 Å². The number of benzene rings is 1. The summed E-state index contributed by atoms with van der Waals surface area (Å²) in [4.78, 5) is 16.3. The molecular weight excluding hydrogens is 224 g/mol. The maximum Gasteiger partial charge on any atom is 0.137 e. The monoisotopic (exact) mass is 240 g/mol. The molecule has 1 N–H and O–H groups in total. The van der Waals surface area contributed by atoms with Crippen molar-refractivity contribution in [1.82, 2.24) is 10.3 Å². The number of hydrogen-bond acceptors (Lipinski definition) is 3. The van der Waals surface area contributed by atoms with Gasteiger partial charge in [-0.15, -0.1) is 0 Å². The summed E-state index contributed by atoms with van der Waals surface area (Å²) in [6.07, 6.45) is 3.01. The van der Waals surface area contributed by atoms with Gasteiger partial charge in [-0.3, -0.25) is 9.78 Å². The predicted molar refractivity (Wildman–Crippen MR) is 71.4 cm³/mol. The number of rotatable bonds is 4. The van der Waals surface area contributed by atoms with Gasteiger partial charge in [0.1, 0.15) is 5.78 Å². The van der Waals surface area contributed by atoms with E-state index in [-0.39, 0.29) is 0 Å². The van der Waals surface area contributed by atoms with E-state index in [1.54, 1.807) is 6.20 Å². The number of aromatic nitrogens is 1. The summed E-state index contributed by atoms with van der Waals surface area (Å²) in [6, 6.07) is 9.95. The number of ketones is 1. The molecule has 0 saturated carbocycles. The van der Waals surface area contributed by atoms with Crippen molar-refractivity contribution in [2.45, 2.75) is 12.8 Å². The average Bonchev–Trinajstić information content (AvgIpc) is 2.34. The minimum Gasteiger partial charge on any atom is -0.316 e. The maximum absolute atomic E-state index is 12.0. The molecule has 0 spiro atoms. The third-order valence-corrected chi connectivity index (χ3v) is 3.51. The fourth-order valence-corrected chi connectivity index (χ4v) is 2.41. The summed E-state index contributed by atoms with van der Waals surface area (Å²) in [6.45, 7) is 1.98. The Hall–Kier alpha value is -1.74. The molecule has 0 radical (unpaired) electrons. The van der Waals surface area contributed by atoms with Crippen LogP contribution in [0.4, 0.5) is 0 Å². The highest BCUT2D eigenvalue weighted by Gasteiger charge is 2.20. The van der Waals surface area contributed by atoms with Crippen LogP contribution in [-0.2, 0) is 11.2 Å². The Morgan fingerprint density at radius 3 is 2.89 bits per heavy atom. The van der Waals surface area contributed by atoms with E-state index in [0.717, 1.165) is 29.6 Å². The first-order valence-corrected chi connectivity index (χ1v) is 6.38. The molecule has 1 saturated heterocycles. The lowest BCUT2D eigenvalue weighted by Crippen LogP contribution is -2.43. The first kappa shape index (κ1) is 11.4. The van der Waals surface area contributed by atoms with Crippen molar-refractivity contribution in [1.29, 1.82) is 0 Å². The zero-order chi connectivity index (χ0) is 12.4. The molecule has 2 aromatic rings. The molecule has 1 aliphatic rings. The van der Waals surface area contributed by atoms with Gasteiger partial charge in [-0.05, 0) is 36.7 Å². The van der Waals surface area contributed by atoms with Crippen LogP contribution < -0.4 is 5.32 Å². The number of nitrogens with one attached hydrogen (secondary N) is 1. The number of para-hydroxylation sites is 1. The summed E-state index contributed by atoms with van der Waals surface area (Å²) in [5.74, 6) is 0.878. The van der Waals surface area contributed by atoms with Crippen LogP contribution in [-0.4, -0.2) is 23.9 Å². The molecule has 3 heteroatoms. The van der Waals surface area contributed by atoms with Crippen molar-refractivity contribution in [2.24, 2.45) is 5.92 Å². The number of Topliss-reactive ketones (excluding diaryl/α,β-unsaturated/α-hetero) is 1. The van der Waals surface area contributed by atoms with Gasteiger partial charge in [0.25, 0.3) is 0 Å². The highest BCUT2D eigenvalue weighted by molar-refractivity contribution is 5.89. The molecule has 1 fully saturated rings. The number of carbonyl (C=O) groups excluding carboxylic acids is 1. The number of pyridine rings is 1. The van der Waals surface area contributed by atoms with Crippen molar-refractivity contribution in [2.75, 3.05) is 13.1 Å². The van der Waals surface area contributed by atoms with Crippen LogP contribution in [0.2, 0.25) is 0 Å². The van der Waals surface area contributed by atoms with Crippen LogP contribution in [0.5, 0.6) is 0 Å². The summed E-state index contributed by atoms with van der Waals surface area (Å²) >= 11 is 0. The fraction of sp³-hybridized carbons (Fsp3) is 0.333. The summed E-state index contributed by atoms with van der Waals surface area (Å²) in [7, 11) is 0. The SMILES string of the molecule is O=C(Cc1ccnc2ccccc12)CC1CNC1. The molecule has 0 unspecified atom stereocenters. The molecular formula is C15H16N2O. The van der Waals surface area contributed by atoms with E-state index in [1.165, 1.54) is 0 Å². The normalized spacial score (nSPS) is 15.6. The largest absolute Gasteiger partial charge is 0.316 e. The van der Waals surface area contributed by atoms with Crippen molar-refractivity contribution in [3.8, 4) is 0 Å². The number of hydrogen-bond donors (Lipinski definition) is 1. The van der Waals surface area contributed by atoms with Gasteiger partial charge in [0.05, 0.1) is 5.52 Å². The van der Waals surface area contributed by atoms with Gasteiger partial charge in [-0.1, -0.05) is 18.2 Å². The van der Waals surface area contributed by atoms with Crippen molar-refractivity contribution in [3.05, 3.63) is 42.1 Å². The lowest BCUT2D eigenvalue weighted by Gasteiger charge is -2.26. The topological polar surface area (TPSA) is 42.0 Å². The van der Waals surface area contributed by atoms with Crippen molar-refractivity contribution >= 4 is 16.7 Å². The Morgan fingerprint density at radius 2 is 2.11 bits per heavy atom. The van der Waals surface area contributed by atoms with E-state index in [9.17, 15) is 4.79 Å². The molecule has 1 aliphatic heterocycles. The lowest BCUT2D eigenvalue weighted by atomic mass is 9.93. The Morgan fingerprint density at radius 1 is 1.28 bits per heavy atom. The highest BCUT2D eigenvalue weighted by atomic mass is 16.1. The molecule has 2 heterocycles. The zero-order valence-electron chi connectivity index (χ0n) is 10.2. The first-order chi connectivity index (χ1) is 8.83. The van der Waals surface area contributed by atoms with Crippen molar-refractivity contribution in [3.63, 3.8) is 0 Å². The molecule has 1 aromatic heterocycles. The smallest absolute Gasteiger partial charge is 0.137 e. The average molecular weight is 240 g/mol.